The van der Waals surface area contributed by atoms with Crippen molar-refractivity contribution in [1.29, 1.82) is 0 Å². The number of fused-ring (bicyclic) bond motifs is 3. The SMILES string of the molecule is O=C(O)c1[nH]nc2c3cc-3cc12. The standard InChI is InChI=1S/C8H4N2O2/c11-8(12)7-5-2-3-1-4(3)6(5)9-10-7/h1-2H,(H,9,10)(H,11,12). The molecule has 4 heteroatoms. The lowest BCUT2D eigenvalue weighted by molar-refractivity contribution is 0.0692. The molecule has 58 valence electrons. The van der Waals surface area contributed by atoms with Crippen molar-refractivity contribution in [2.24, 2.45) is 0 Å². The van der Waals surface area contributed by atoms with Crippen LogP contribution in [0.4, 0.5) is 0 Å². The highest BCUT2D eigenvalue weighted by Crippen LogP contribution is 2.42. The average Bonchev–Trinajstić information content (AvgIpc) is 2.54. The third-order valence-electron chi connectivity index (χ3n) is 2.10. The van der Waals surface area contributed by atoms with Gasteiger partial charge in [0.15, 0.2) is 5.69 Å². The molecule has 0 aromatic carbocycles. The molecule has 1 aromatic rings. The van der Waals surface area contributed by atoms with Gasteiger partial charge in [0.1, 0.15) is 5.52 Å². The van der Waals surface area contributed by atoms with Crippen LogP contribution < -0.4 is 0 Å². The maximum absolute atomic E-state index is 10.6. The first-order valence-electron chi connectivity index (χ1n) is 3.53. The number of carboxylic acids is 1. The zero-order chi connectivity index (χ0) is 8.29. The van der Waals surface area contributed by atoms with Gasteiger partial charge in [-0.3, -0.25) is 5.10 Å². The third kappa shape index (κ3) is 0.492. The van der Waals surface area contributed by atoms with Crippen LogP contribution in [-0.2, 0) is 0 Å². The summed E-state index contributed by atoms with van der Waals surface area (Å²) in [6, 6.07) is 3.83. The molecular formula is C8H4N2O2. The Morgan fingerprint density at radius 3 is 3.08 bits per heavy atom. The van der Waals surface area contributed by atoms with E-state index in [1.807, 2.05) is 12.1 Å². The molecule has 0 unspecified atom stereocenters. The molecule has 2 aliphatic carbocycles. The van der Waals surface area contributed by atoms with Crippen molar-refractivity contribution in [3.63, 3.8) is 0 Å². The van der Waals surface area contributed by atoms with E-state index in [2.05, 4.69) is 10.2 Å². The normalized spacial score (nSPS) is 12.0. The summed E-state index contributed by atoms with van der Waals surface area (Å²) in [6.45, 7) is 0. The zero-order valence-corrected chi connectivity index (χ0v) is 5.96. The molecule has 0 spiro atoms. The van der Waals surface area contributed by atoms with Gasteiger partial charge in [-0.2, -0.15) is 5.10 Å². The Morgan fingerprint density at radius 1 is 1.50 bits per heavy atom. The Bertz CT molecular complexity index is 513. The van der Waals surface area contributed by atoms with E-state index in [1.165, 1.54) is 0 Å². The summed E-state index contributed by atoms with van der Waals surface area (Å²) < 4.78 is 0. The summed E-state index contributed by atoms with van der Waals surface area (Å²) in [4.78, 5) is 10.6. The largest absolute Gasteiger partial charge is 0.477 e. The molecule has 0 saturated heterocycles. The molecule has 2 aliphatic rings. The molecule has 0 atom stereocenters. The first kappa shape index (κ1) is 5.77. The highest BCUT2D eigenvalue weighted by atomic mass is 16.4. The second kappa shape index (κ2) is 1.50. The number of aromatic nitrogens is 2. The molecular weight excluding hydrogens is 156 g/mol. The first-order valence-corrected chi connectivity index (χ1v) is 3.53. The molecule has 0 amide bonds. The van der Waals surface area contributed by atoms with Crippen LogP contribution in [0.3, 0.4) is 0 Å². The summed E-state index contributed by atoms with van der Waals surface area (Å²) in [5.74, 6) is -0.956. The fourth-order valence-corrected chi connectivity index (χ4v) is 1.46. The minimum Gasteiger partial charge on any atom is -0.477 e. The van der Waals surface area contributed by atoms with E-state index in [0.29, 0.717) is 0 Å². The van der Waals surface area contributed by atoms with Crippen molar-refractivity contribution in [2.75, 3.05) is 0 Å². The van der Waals surface area contributed by atoms with E-state index in [4.69, 9.17) is 5.11 Å². The molecule has 1 aromatic heterocycles. The van der Waals surface area contributed by atoms with Crippen molar-refractivity contribution in [1.82, 2.24) is 10.2 Å². The monoisotopic (exact) mass is 160 g/mol. The van der Waals surface area contributed by atoms with Gasteiger partial charge < -0.3 is 5.11 Å². The zero-order valence-electron chi connectivity index (χ0n) is 5.96. The number of carboxylic acid groups (broad SMARTS) is 1. The van der Waals surface area contributed by atoms with Gasteiger partial charge >= 0.3 is 5.97 Å². The van der Waals surface area contributed by atoms with Gasteiger partial charge in [0.2, 0.25) is 0 Å². The van der Waals surface area contributed by atoms with Crippen LogP contribution in [0.5, 0.6) is 0 Å². The predicted molar refractivity (Wildman–Crippen MR) is 42.0 cm³/mol. The van der Waals surface area contributed by atoms with Gasteiger partial charge in [0, 0.05) is 10.9 Å². The second-order valence-corrected chi connectivity index (χ2v) is 2.82. The Labute approximate surface area is 66.8 Å². The van der Waals surface area contributed by atoms with Gasteiger partial charge in [-0.1, -0.05) is 0 Å². The molecule has 0 aliphatic heterocycles. The number of hydrogen-bond acceptors (Lipinski definition) is 2. The fraction of sp³-hybridized carbons (Fsp3) is 0. The van der Waals surface area contributed by atoms with Gasteiger partial charge in [0.25, 0.3) is 0 Å². The highest BCUT2D eigenvalue weighted by molar-refractivity contribution is 6.13. The highest BCUT2D eigenvalue weighted by Gasteiger charge is 2.24. The number of H-pyrrole nitrogens is 1. The lowest BCUT2D eigenvalue weighted by atomic mass is 10.3. The number of nitrogens with zero attached hydrogens (tertiary/aromatic N) is 1. The maximum Gasteiger partial charge on any atom is 0.354 e. The first-order chi connectivity index (χ1) is 5.77. The molecule has 0 saturated carbocycles. The predicted octanol–water partition coefficient (Wildman–Crippen LogP) is 1.24. The molecule has 0 radical (unpaired) electrons. The van der Waals surface area contributed by atoms with E-state index in [1.54, 1.807) is 0 Å². The van der Waals surface area contributed by atoms with Crippen LogP contribution in [0, 0.1) is 0 Å². The summed E-state index contributed by atoms with van der Waals surface area (Å²) in [5, 5.41) is 15.8. The summed E-state index contributed by atoms with van der Waals surface area (Å²) >= 11 is 0. The van der Waals surface area contributed by atoms with Crippen LogP contribution >= 0.6 is 0 Å². The van der Waals surface area contributed by atoms with Crippen LogP contribution in [0.1, 0.15) is 10.5 Å². The van der Waals surface area contributed by atoms with Crippen molar-refractivity contribution in [3.8, 4) is 11.1 Å². The Hall–Kier alpha value is -1.84. The summed E-state index contributed by atoms with van der Waals surface area (Å²) in [5.41, 5.74) is 3.16. The van der Waals surface area contributed by atoms with Gasteiger partial charge in [-0.25, -0.2) is 4.79 Å². The van der Waals surface area contributed by atoms with E-state index >= 15 is 0 Å². The molecule has 1 heterocycles. The Morgan fingerprint density at radius 2 is 2.33 bits per heavy atom. The van der Waals surface area contributed by atoms with E-state index in [-0.39, 0.29) is 5.69 Å². The van der Waals surface area contributed by atoms with Crippen LogP contribution in [0.25, 0.3) is 22.0 Å². The smallest absolute Gasteiger partial charge is 0.354 e. The molecule has 12 heavy (non-hydrogen) atoms. The van der Waals surface area contributed by atoms with Gasteiger partial charge in [-0.05, 0) is 17.7 Å². The number of aromatic amines is 1. The minimum absolute atomic E-state index is 0.186. The van der Waals surface area contributed by atoms with Gasteiger partial charge in [-0.15, -0.1) is 0 Å². The number of rotatable bonds is 1. The number of benzene rings is 1. The fourth-order valence-electron chi connectivity index (χ4n) is 1.46. The quantitative estimate of drug-likeness (QED) is 0.562. The van der Waals surface area contributed by atoms with Crippen LogP contribution in [-0.4, -0.2) is 21.3 Å². The topological polar surface area (TPSA) is 66.0 Å². The third-order valence-corrected chi connectivity index (χ3v) is 2.10. The summed E-state index contributed by atoms with van der Waals surface area (Å²) in [6.07, 6.45) is 0. The number of hydrogen-bond donors (Lipinski definition) is 2. The number of nitrogens with one attached hydrogen (secondary N) is 1. The van der Waals surface area contributed by atoms with E-state index < -0.39 is 5.97 Å². The average molecular weight is 160 g/mol. The Kier molecular flexibility index (Phi) is 0.721. The van der Waals surface area contributed by atoms with Crippen molar-refractivity contribution in [3.05, 3.63) is 17.8 Å². The van der Waals surface area contributed by atoms with Crippen LogP contribution in [0.15, 0.2) is 12.1 Å². The van der Waals surface area contributed by atoms with Crippen molar-refractivity contribution >= 4 is 16.9 Å². The molecule has 0 bridgehead atoms. The second-order valence-electron chi connectivity index (χ2n) is 2.82. The van der Waals surface area contributed by atoms with E-state index in [9.17, 15) is 4.79 Å². The number of aromatic carboxylic acids is 1. The molecule has 3 rings (SSSR count). The summed E-state index contributed by atoms with van der Waals surface area (Å²) in [7, 11) is 0. The molecule has 2 N–H and O–H groups in total. The maximum atomic E-state index is 10.6. The molecule has 4 nitrogen and oxygen atoms in total. The lowest BCUT2D eigenvalue weighted by Crippen LogP contribution is -1.96. The van der Waals surface area contributed by atoms with Crippen molar-refractivity contribution in [2.45, 2.75) is 0 Å². The van der Waals surface area contributed by atoms with Crippen molar-refractivity contribution < 1.29 is 9.90 Å². The minimum atomic E-state index is -0.956. The van der Waals surface area contributed by atoms with Gasteiger partial charge in [0.05, 0.1) is 0 Å². The molecule has 0 fully saturated rings. The number of carbonyl (C=O) groups is 1. The van der Waals surface area contributed by atoms with Crippen LogP contribution in [0.2, 0.25) is 0 Å². The lowest BCUT2D eigenvalue weighted by Gasteiger charge is -1.83. The Balaban J connectivity index is 2.43. The van der Waals surface area contributed by atoms with E-state index in [0.717, 1.165) is 22.0 Å².